The maximum Gasteiger partial charge on any atom is 0.191 e. The Hall–Kier alpha value is -1.59. The minimum absolute atomic E-state index is 0.0109. The van der Waals surface area contributed by atoms with E-state index in [2.05, 4.69) is 62.6 Å². The van der Waals surface area contributed by atoms with Gasteiger partial charge in [-0.2, -0.15) is 0 Å². The predicted molar refractivity (Wildman–Crippen MR) is 108 cm³/mol. The molecule has 146 valence electrons. The second kappa shape index (κ2) is 9.38. The van der Waals surface area contributed by atoms with Crippen LogP contribution < -0.4 is 10.6 Å². The van der Waals surface area contributed by atoms with Crippen molar-refractivity contribution in [2.45, 2.75) is 46.0 Å². The lowest BCUT2D eigenvalue weighted by molar-refractivity contribution is 0.127. The molecule has 0 bridgehead atoms. The van der Waals surface area contributed by atoms with Gasteiger partial charge in [0, 0.05) is 37.1 Å². The van der Waals surface area contributed by atoms with Crippen LogP contribution in [-0.2, 0) is 10.2 Å². The fraction of sp³-hybridized carbons (Fsp3) is 0.667. The molecule has 0 radical (unpaired) electrons. The van der Waals surface area contributed by atoms with Gasteiger partial charge < -0.3 is 20.5 Å². The number of aryl methyl sites for hydroxylation is 1. The van der Waals surface area contributed by atoms with Gasteiger partial charge in [0.05, 0.1) is 13.2 Å². The van der Waals surface area contributed by atoms with Crippen molar-refractivity contribution in [1.82, 2.24) is 10.6 Å². The van der Waals surface area contributed by atoms with Gasteiger partial charge in [-0.25, -0.2) is 0 Å². The number of hydrogen-bond acceptors (Lipinski definition) is 3. The van der Waals surface area contributed by atoms with Crippen LogP contribution in [-0.4, -0.2) is 50.5 Å². The third-order valence-electron chi connectivity index (χ3n) is 5.23. The molecule has 2 rings (SSSR count). The first-order valence-corrected chi connectivity index (χ1v) is 9.69. The smallest absolute Gasteiger partial charge is 0.191 e. The molecule has 1 aromatic carbocycles. The lowest BCUT2D eigenvalue weighted by Gasteiger charge is -2.28. The van der Waals surface area contributed by atoms with E-state index in [1.807, 2.05) is 0 Å². The van der Waals surface area contributed by atoms with Crippen LogP contribution in [0, 0.1) is 12.3 Å². The predicted octanol–water partition coefficient (Wildman–Crippen LogP) is 2.62. The molecule has 0 spiro atoms. The van der Waals surface area contributed by atoms with E-state index in [-0.39, 0.29) is 17.4 Å². The van der Waals surface area contributed by atoms with E-state index in [0.717, 1.165) is 38.5 Å². The van der Waals surface area contributed by atoms with Gasteiger partial charge in [0.25, 0.3) is 0 Å². The van der Waals surface area contributed by atoms with Gasteiger partial charge in [0.2, 0.25) is 0 Å². The first-order chi connectivity index (χ1) is 12.4. The van der Waals surface area contributed by atoms with E-state index in [0.29, 0.717) is 13.2 Å². The molecular formula is C21H35N3O2. The lowest BCUT2D eigenvalue weighted by Crippen LogP contribution is -2.45. The third-order valence-corrected chi connectivity index (χ3v) is 5.23. The summed E-state index contributed by atoms with van der Waals surface area (Å²) in [5, 5.41) is 16.2. The Bertz CT molecular complexity index is 593. The van der Waals surface area contributed by atoms with E-state index in [1.54, 1.807) is 0 Å². The van der Waals surface area contributed by atoms with Crippen molar-refractivity contribution in [3.63, 3.8) is 0 Å². The summed E-state index contributed by atoms with van der Waals surface area (Å²) in [7, 11) is 0. The lowest BCUT2D eigenvalue weighted by atomic mass is 9.84. The normalized spacial score (nSPS) is 21.0. The van der Waals surface area contributed by atoms with Gasteiger partial charge in [0.15, 0.2) is 5.96 Å². The van der Waals surface area contributed by atoms with E-state index in [4.69, 9.17) is 9.73 Å². The average Bonchev–Trinajstić information content (AvgIpc) is 3.07. The average molecular weight is 362 g/mol. The summed E-state index contributed by atoms with van der Waals surface area (Å²) < 4.78 is 5.58. The van der Waals surface area contributed by atoms with Crippen molar-refractivity contribution in [2.75, 3.05) is 39.5 Å². The van der Waals surface area contributed by atoms with Crippen LogP contribution in [0.1, 0.15) is 44.7 Å². The Morgan fingerprint density at radius 3 is 2.77 bits per heavy atom. The summed E-state index contributed by atoms with van der Waals surface area (Å²) in [5.41, 5.74) is 2.56. The number of rotatable bonds is 8. The van der Waals surface area contributed by atoms with Crippen molar-refractivity contribution in [1.29, 1.82) is 0 Å². The minimum atomic E-state index is -0.0341. The van der Waals surface area contributed by atoms with Crippen molar-refractivity contribution >= 4 is 5.96 Å². The van der Waals surface area contributed by atoms with Gasteiger partial charge in [-0.1, -0.05) is 43.7 Å². The van der Waals surface area contributed by atoms with Gasteiger partial charge >= 0.3 is 0 Å². The van der Waals surface area contributed by atoms with Gasteiger partial charge in [-0.05, 0) is 32.3 Å². The van der Waals surface area contributed by atoms with Crippen molar-refractivity contribution in [3.05, 3.63) is 35.4 Å². The molecule has 1 aliphatic rings. The Balaban J connectivity index is 2.03. The van der Waals surface area contributed by atoms with Crippen LogP contribution in [0.3, 0.4) is 0 Å². The number of benzene rings is 1. The fourth-order valence-electron chi connectivity index (χ4n) is 3.36. The van der Waals surface area contributed by atoms with E-state index >= 15 is 0 Å². The first-order valence-electron chi connectivity index (χ1n) is 9.69. The molecule has 1 unspecified atom stereocenters. The highest BCUT2D eigenvalue weighted by atomic mass is 16.5. The largest absolute Gasteiger partial charge is 0.396 e. The summed E-state index contributed by atoms with van der Waals surface area (Å²) >= 11 is 0. The van der Waals surface area contributed by atoms with Gasteiger partial charge in [-0.3, -0.25) is 4.99 Å². The van der Waals surface area contributed by atoms with E-state index in [1.165, 1.54) is 11.1 Å². The fourth-order valence-corrected chi connectivity index (χ4v) is 3.36. The molecule has 0 aliphatic carbocycles. The quantitative estimate of drug-likeness (QED) is 0.492. The molecule has 26 heavy (non-hydrogen) atoms. The molecule has 3 N–H and O–H groups in total. The second-order valence-electron chi connectivity index (χ2n) is 8.08. The monoisotopic (exact) mass is 361 g/mol. The number of aliphatic hydroxyl groups excluding tert-OH is 1. The summed E-state index contributed by atoms with van der Waals surface area (Å²) in [4.78, 5) is 4.83. The zero-order valence-corrected chi connectivity index (χ0v) is 16.8. The van der Waals surface area contributed by atoms with Gasteiger partial charge in [-0.15, -0.1) is 0 Å². The van der Waals surface area contributed by atoms with Crippen LogP contribution in [0.25, 0.3) is 0 Å². The zero-order valence-electron chi connectivity index (χ0n) is 16.8. The molecule has 1 saturated heterocycles. The molecule has 5 nitrogen and oxygen atoms in total. The van der Waals surface area contributed by atoms with Gasteiger partial charge in [0.1, 0.15) is 0 Å². The second-order valence-corrected chi connectivity index (χ2v) is 8.08. The number of aliphatic imine (C=N–C) groups is 1. The Morgan fingerprint density at radius 2 is 2.15 bits per heavy atom. The molecule has 1 atom stereocenters. The van der Waals surface area contributed by atoms with Crippen molar-refractivity contribution in [3.8, 4) is 0 Å². The number of ether oxygens (including phenoxy) is 1. The van der Waals surface area contributed by atoms with E-state index < -0.39 is 0 Å². The summed E-state index contributed by atoms with van der Waals surface area (Å²) in [6.07, 6.45) is 1.74. The zero-order chi connectivity index (χ0) is 19.0. The van der Waals surface area contributed by atoms with Crippen LogP contribution in [0.4, 0.5) is 0 Å². The maximum atomic E-state index is 9.39. The first kappa shape index (κ1) is 20.7. The molecule has 1 fully saturated rings. The topological polar surface area (TPSA) is 65.9 Å². The molecule has 1 aliphatic heterocycles. The number of aliphatic hydroxyl groups is 1. The Morgan fingerprint density at radius 1 is 1.35 bits per heavy atom. The Kier molecular flexibility index (Phi) is 7.47. The highest BCUT2D eigenvalue weighted by molar-refractivity contribution is 5.79. The molecular weight excluding hydrogens is 326 g/mol. The number of guanidine groups is 1. The maximum absolute atomic E-state index is 9.39. The van der Waals surface area contributed by atoms with Crippen LogP contribution in [0.15, 0.2) is 29.3 Å². The SMILES string of the molecule is CCNC(=NCC(C)(C)c1cccc(C)c1)NCC1(CCO)CCOC1. The minimum Gasteiger partial charge on any atom is -0.396 e. The summed E-state index contributed by atoms with van der Waals surface area (Å²) in [6, 6.07) is 8.65. The highest BCUT2D eigenvalue weighted by Crippen LogP contribution is 2.31. The molecule has 5 heteroatoms. The van der Waals surface area contributed by atoms with Crippen molar-refractivity contribution in [2.24, 2.45) is 10.4 Å². The number of hydrogen-bond donors (Lipinski definition) is 3. The molecule has 1 heterocycles. The van der Waals surface area contributed by atoms with Crippen LogP contribution in [0.2, 0.25) is 0 Å². The number of nitrogens with one attached hydrogen (secondary N) is 2. The highest BCUT2D eigenvalue weighted by Gasteiger charge is 2.34. The summed E-state index contributed by atoms with van der Waals surface area (Å²) in [6.45, 7) is 12.6. The van der Waals surface area contributed by atoms with Crippen LogP contribution in [0.5, 0.6) is 0 Å². The molecule has 0 aromatic heterocycles. The Labute approximate surface area is 158 Å². The van der Waals surface area contributed by atoms with Crippen molar-refractivity contribution < 1.29 is 9.84 Å². The molecule has 0 amide bonds. The molecule has 0 saturated carbocycles. The summed E-state index contributed by atoms with van der Waals surface area (Å²) in [5.74, 6) is 0.831. The number of nitrogens with zero attached hydrogens (tertiary/aromatic N) is 1. The van der Waals surface area contributed by atoms with Crippen LogP contribution >= 0.6 is 0 Å². The standard InChI is InChI=1S/C21H35N3O2/c1-5-22-19(24-15-21(9-11-25)10-12-26-16-21)23-14-20(3,4)18-8-6-7-17(2)13-18/h6-8,13,25H,5,9-12,14-16H2,1-4H3,(H2,22,23,24). The third kappa shape index (κ3) is 5.71. The van der Waals surface area contributed by atoms with E-state index in [9.17, 15) is 5.11 Å². The molecule has 1 aromatic rings.